The molecule has 3 aromatic carbocycles. The van der Waals surface area contributed by atoms with Crippen molar-refractivity contribution >= 4 is 0 Å². The number of nitrogens with one attached hydrogen (secondary N) is 3. The molecule has 10 rings (SSSR count). The number of rotatable bonds is 5. The zero-order valence-electron chi connectivity index (χ0n) is 30.2. The number of hydrogen-bond acceptors (Lipinski definition) is 4. The molecule has 51 heavy (non-hydrogen) atoms. The first-order valence-electron chi connectivity index (χ1n) is 20.8. The average molecular weight is 680 g/mol. The molecule has 4 heteroatoms. The minimum atomic E-state index is 0.0684. The van der Waals surface area contributed by atoms with E-state index in [0.29, 0.717) is 47.7 Å². The van der Waals surface area contributed by atoms with Gasteiger partial charge in [-0.05, 0) is 114 Å². The summed E-state index contributed by atoms with van der Waals surface area (Å²) >= 11 is 0. The zero-order valence-corrected chi connectivity index (χ0v) is 30.2. The smallest absolute Gasteiger partial charge is 0.0862 e. The molecule has 2 heterocycles. The van der Waals surface area contributed by atoms with Gasteiger partial charge in [0, 0.05) is 0 Å². The van der Waals surface area contributed by atoms with Gasteiger partial charge in [-0.2, -0.15) is 0 Å². The van der Waals surface area contributed by atoms with Gasteiger partial charge in [-0.1, -0.05) is 141 Å². The Hall–Kier alpha value is -3.02. The van der Waals surface area contributed by atoms with Crippen LogP contribution < -0.4 is 16.0 Å². The van der Waals surface area contributed by atoms with Gasteiger partial charge in [-0.3, -0.25) is 16.0 Å². The fraction of sp³-hybridized carbons (Fsp3) is 0.532. The number of benzene rings is 3. The predicted octanol–water partition coefficient (Wildman–Crippen LogP) is 9.91. The van der Waals surface area contributed by atoms with Crippen molar-refractivity contribution in [2.75, 3.05) is 0 Å². The van der Waals surface area contributed by atoms with Gasteiger partial charge in [0.2, 0.25) is 0 Å². The lowest BCUT2D eigenvalue weighted by atomic mass is 9.56. The third-order valence-electron chi connectivity index (χ3n) is 14.9. The molecule has 266 valence electrons. The number of fused-ring (bicyclic) bond motifs is 6. The van der Waals surface area contributed by atoms with Gasteiger partial charge in [0.1, 0.15) is 0 Å². The summed E-state index contributed by atoms with van der Waals surface area (Å²) in [4.78, 5) is 0. The van der Waals surface area contributed by atoms with Crippen LogP contribution >= 0.6 is 0 Å². The van der Waals surface area contributed by atoms with E-state index in [0.717, 1.165) is 24.2 Å². The second-order valence-corrected chi connectivity index (χ2v) is 17.4. The van der Waals surface area contributed by atoms with Gasteiger partial charge in [0.15, 0.2) is 0 Å². The summed E-state index contributed by atoms with van der Waals surface area (Å²) < 4.78 is 7.29. The van der Waals surface area contributed by atoms with Crippen molar-refractivity contribution in [1.82, 2.24) is 16.0 Å². The lowest BCUT2D eigenvalue weighted by Crippen LogP contribution is -2.64. The maximum atomic E-state index is 7.29. The van der Waals surface area contributed by atoms with Crippen molar-refractivity contribution in [1.29, 1.82) is 0 Å². The Morgan fingerprint density at radius 1 is 0.510 bits per heavy atom. The van der Waals surface area contributed by atoms with Crippen molar-refractivity contribution < 1.29 is 4.74 Å². The van der Waals surface area contributed by atoms with Crippen molar-refractivity contribution in [2.45, 2.75) is 113 Å². The van der Waals surface area contributed by atoms with Crippen LogP contribution in [0.15, 0.2) is 109 Å². The van der Waals surface area contributed by atoms with Crippen molar-refractivity contribution in [3.8, 4) is 0 Å². The lowest BCUT2D eigenvalue weighted by Gasteiger charge is -2.51. The normalized spacial score (nSPS) is 41.6. The number of allylic oxidation sites excluding steroid dienone is 4. The van der Waals surface area contributed by atoms with Crippen LogP contribution in [0.4, 0.5) is 0 Å². The first-order valence-corrected chi connectivity index (χ1v) is 20.8. The van der Waals surface area contributed by atoms with Crippen molar-refractivity contribution in [2.24, 2.45) is 41.4 Å². The Morgan fingerprint density at radius 2 is 1.20 bits per heavy atom. The summed E-state index contributed by atoms with van der Waals surface area (Å²) in [5.74, 6) is 5.91. The van der Waals surface area contributed by atoms with E-state index in [-0.39, 0.29) is 18.5 Å². The molecule has 2 aliphatic heterocycles. The van der Waals surface area contributed by atoms with Crippen LogP contribution in [0.25, 0.3) is 0 Å². The van der Waals surface area contributed by atoms with E-state index in [2.05, 4.69) is 125 Å². The molecule has 4 nitrogen and oxygen atoms in total. The highest BCUT2D eigenvalue weighted by molar-refractivity contribution is 5.33. The predicted molar refractivity (Wildman–Crippen MR) is 206 cm³/mol. The maximum Gasteiger partial charge on any atom is 0.0862 e. The van der Waals surface area contributed by atoms with Crippen LogP contribution in [0.3, 0.4) is 0 Å². The van der Waals surface area contributed by atoms with Crippen LogP contribution in [-0.4, -0.2) is 18.4 Å². The third-order valence-corrected chi connectivity index (χ3v) is 14.9. The molecule has 0 aromatic heterocycles. The molecule has 5 aliphatic carbocycles. The topological polar surface area (TPSA) is 45.3 Å². The van der Waals surface area contributed by atoms with Crippen LogP contribution in [0, 0.1) is 41.4 Å². The van der Waals surface area contributed by atoms with Gasteiger partial charge >= 0.3 is 0 Å². The highest BCUT2D eigenvalue weighted by Crippen LogP contribution is 2.59. The van der Waals surface area contributed by atoms with E-state index >= 15 is 0 Å². The molecule has 4 saturated carbocycles. The lowest BCUT2D eigenvalue weighted by molar-refractivity contribution is -0.0364. The van der Waals surface area contributed by atoms with Crippen molar-refractivity contribution in [3.63, 3.8) is 0 Å². The molecular formula is C47H57N3O. The molecule has 0 bridgehead atoms. The fourth-order valence-corrected chi connectivity index (χ4v) is 12.6. The fourth-order valence-electron chi connectivity index (χ4n) is 12.6. The molecule has 13 atom stereocenters. The molecule has 2 saturated heterocycles. The van der Waals surface area contributed by atoms with Crippen LogP contribution in [0.5, 0.6) is 0 Å². The van der Waals surface area contributed by atoms with Crippen LogP contribution in [0.2, 0.25) is 0 Å². The molecule has 0 amide bonds. The maximum absolute atomic E-state index is 7.29. The highest BCUT2D eigenvalue weighted by Gasteiger charge is 2.58. The first-order chi connectivity index (χ1) is 25.3. The number of hydrogen-bond donors (Lipinski definition) is 3. The van der Waals surface area contributed by atoms with E-state index in [1.165, 1.54) is 75.3 Å². The summed E-state index contributed by atoms with van der Waals surface area (Å²) in [5, 5.41) is 12.0. The van der Waals surface area contributed by atoms with Gasteiger partial charge in [-0.15, -0.1) is 0 Å². The Morgan fingerprint density at radius 3 is 1.96 bits per heavy atom. The van der Waals surface area contributed by atoms with Gasteiger partial charge in [0.05, 0.1) is 30.7 Å². The largest absolute Gasteiger partial charge is 0.374 e. The van der Waals surface area contributed by atoms with Gasteiger partial charge < -0.3 is 4.74 Å². The molecule has 7 aliphatic rings. The molecular weight excluding hydrogens is 623 g/mol. The standard InChI is InChI=1S/C47H57N3O/c1-3-14-31(15-4-1)45-48-46(32-16-5-2-6-17-32)50-47(49-45)40-29-42-44(39-22-10-9-21-38(39)40)43-37(23-12-24-41(43)51-42)36-20-11-19-34(28-36)35-26-25-30-13-7-8-18-33(30)27-35/h1-6,9-11,14-17,19-22,28,30,33,35,37-50H,7-8,12-13,18,23-27,29H2. The molecule has 3 N–H and O–H groups in total. The van der Waals surface area contributed by atoms with E-state index in [4.69, 9.17) is 4.74 Å². The molecule has 0 spiro atoms. The second kappa shape index (κ2) is 14.1. The Kier molecular flexibility index (Phi) is 9.01. The molecule has 0 radical (unpaired) electrons. The second-order valence-electron chi connectivity index (χ2n) is 17.4. The minimum absolute atomic E-state index is 0.0684. The monoisotopic (exact) mass is 679 g/mol. The van der Waals surface area contributed by atoms with Gasteiger partial charge in [0.25, 0.3) is 0 Å². The summed E-state index contributed by atoms with van der Waals surface area (Å²) in [6.07, 6.45) is 25.9. The van der Waals surface area contributed by atoms with Crippen LogP contribution in [0.1, 0.15) is 117 Å². The van der Waals surface area contributed by atoms with E-state index in [1.807, 2.05) is 0 Å². The van der Waals surface area contributed by atoms with E-state index < -0.39 is 0 Å². The Labute approximate surface area is 305 Å². The first kappa shape index (κ1) is 32.6. The SMILES string of the molecule is C1=CC2C(C=C1)C1C(CC2C2NC(c3ccccc3)NC(c3ccccc3)N2)OC2CCCC(c3cccc(C4CCC5CCCCC5C4)c3)C21. The molecule has 6 fully saturated rings. The van der Waals surface area contributed by atoms with E-state index in [9.17, 15) is 0 Å². The number of ether oxygens (including phenoxy) is 1. The Bertz CT molecular complexity index is 1660. The zero-order chi connectivity index (χ0) is 33.7. The van der Waals surface area contributed by atoms with Crippen molar-refractivity contribution in [3.05, 3.63) is 131 Å². The average Bonchev–Trinajstić information content (AvgIpc) is 3.60. The highest BCUT2D eigenvalue weighted by atomic mass is 16.5. The Balaban J connectivity index is 0.929. The van der Waals surface area contributed by atoms with Gasteiger partial charge in [-0.25, -0.2) is 0 Å². The summed E-state index contributed by atoms with van der Waals surface area (Å²) in [5.41, 5.74) is 5.83. The quantitative estimate of drug-likeness (QED) is 0.251. The third kappa shape index (κ3) is 6.18. The molecule has 3 aromatic rings. The minimum Gasteiger partial charge on any atom is -0.374 e. The summed E-state index contributed by atoms with van der Waals surface area (Å²) in [6, 6.07) is 31.9. The molecule has 13 unspecified atom stereocenters. The summed E-state index contributed by atoms with van der Waals surface area (Å²) in [6.45, 7) is 0. The van der Waals surface area contributed by atoms with Crippen LogP contribution in [-0.2, 0) is 4.74 Å². The summed E-state index contributed by atoms with van der Waals surface area (Å²) in [7, 11) is 0. The van der Waals surface area contributed by atoms with E-state index in [1.54, 1.807) is 11.1 Å².